The van der Waals surface area contributed by atoms with Crippen molar-refractivity contribution in [2.75, 3.05) is 17.6 Å². The average molecular weight is 392 g/mol. The van der Waals surface area contributed by atoms with Gasteiger partial charge in [0.15, 0.2) is 5.75 Å². The molecule has 0 amide bonds. The standard InChI is InChI=1S/C13H12BrClN2O3S/c1-20-13-11(14)6-8(15)7-12(13)21(18,19)17-10-4-2-9(16)3-5-10/h2-7,17H,16H2,1H3. The number of anilines is 2. The Hall–Kier alpha value is -1.44. The molecule has 0 aliphatic heterocycles. The lowest BCUT2D eigenvalue weighted by molar-refractivity contribution is 0.400. The highest BCUT2D eigenvalue weighted by atomic mass is 79.9. The van der Waals surface area contributed by atoms with Crippen LogP contribution in [0.2, 0.25) is 5.02 Å². The quantitative estimate of drug-likeness (QED) is 0.782. The van der Waals surface area contributed by atoms with Crippen LogP contribution in [0, 0.1) is 0 Å². The van der Waals surface area contributed by atoms with Crippen molar-refractivity contribution in [3.05, 3.63) is 45.9 Å². The van der Waals surface area contributed by atoms with E-state index in [0.717, 1.165) is 0 Å². The number of nitrogens with one attached hydrogen (secondary N) is 1. The third-order valence-corrected chi connectivity index (χ3v) is 4.82. The van der Waals surface area contributed by atoms with Crippen molar-refractivity contribution in [3.8, 4) is 5.75 Å². The number of rotatable bonds is 4. The van der Waals surface area contributed by atoms with Gasteiger partial charge in [0.2, 0.25) is 0 Å². The number of halogens is 2. The highest BCUT2D eigenvalue weighted by molar-refractivity contribution is 9.10. The minimum absolute atomic E-state index is 0.0544. The second-order valence-electron chi connectivity index (χ2n) is 4.15. The number of ether oxygens (including phenoxy) is 1. The first-order valence-corrected chi connectivity index (χ1v) is 8.40. The first kappa shape index (κ1) is 15.9. The molecule has 2 aromatic rings. The number of hydrogen-bond acceptors (Lipinski definition) is 4. The summed E-state index contributed by atoms with van der Waals surface area (Å²) < 4.78 is 33.0. The summed E-state index contributed by atoms with van der Waals surface area (Å²) in [5.74, 6) is 0.183. The summed E-state index contributed by atoms with van der Waals surface area (Å²) in [6.45, 7) is 0. The van der Waals surface area contributed by atoms with E-state index in [1.807, 2.05) is 0 Å². The minimum atomic E-state index is -3.84. The Bertz CT molecular complexity index is 764. The van der Waals surface area contributed by atoms with Gasteiger partial charge in [-0.25, -0.2) is 8.42 Å². The summed E-state index contributed by atoms with van der Waals surface area (Å²) in [4.78, 5) is -0.0544. The molecule has 0 heterocycles. The van der Waals surface area contributed by atoms with Gasteiger partial charge in [-0.05, 0) is 52.3 Å². The highest BCUT2D eigenvalue weighted by Gasteiger charge is 2.22. The van der Waals surface area contributed by atoms with Crippen molar-refractivity contribution in [1.29, 1.82) is 0 Å². The molecule has 0 saturated heterocycles. The minimum Gasteiger partial charge on any atom is -0.494 e. The second kappa shape index (κ2) is 6.13. The van der Waals surface area contributed by atoms with E-state index in [4.69, 9.17) is 22.1 Å². The van der Waals surface area contributed by atoms with E-state index in [1.165, 1.54) is 13.2 Å². The smallest absolute Gasteiger partial charge is 0.265 e. The van der Waals surface area contributed by atoms with Crippen LogP contribution in [-0.2, 0) is 10.0 Å². The van der Waals surface area contributed by atoms with Crippen molar-refractivity contribution < 1.29 is 13.2 Å². The zero-order valence-electron chi connectivity index (χ0n) is 10.9. The third kappa shape index (κ3) is 3.61. The Morgan fingerprint density at radius 3 is 2.43 bits per heavy atom. The molecule has 3 N–H and O–H groups in total. The molecule has 2 rings (SSSR count). The van der Waals surface area contributed by atoms with Gasteiger partial charge in [0.1, 0.15) is 4.90 Å². The van der Waals surface area contributed by atoms with Crippen LogP contribution in [0.5, 0.6) is 5.75 Å². The summed E-state index contributed by atoms with van der Waals surface area (Å²) in [6, 6.07) is 9.22. The van der Waals surface area contributed by atoms with Gasteiger partial charge in [-0.1, -0.05) is 11.6 Å². The van der Waals surface area contributed by atoms with Crippen LogP contribution >= 0.6 is 27.5 Å². The molecule has 0 saturated carbocycles. The van der Waals surface area contributed by atoms with Crippen LogP contribution in [0.1, 0.15) is 0 Å². The van der Waals surface area contributed by atoms with Crippen LogP contribution in [0.15, 0.2) is 45.8 Å². The summed E-state index contributed by atoms with van der Waals surface area (Å²) in [5, 5.41) is 0.278. The molecular weight excluding hydrogens is 380 g/mol. The van der Waals surface area contributed by atoms with Gasteiger partial charge in [-0.15, -0.1) is 0 Å². The molecule has 0 spiro atoms. The fraction of sp³-hybridized carbons (Fsp3) is 0.0769. The average Bonchev–Trinajstić information content (AvgIpc) is 2.40. The van der Waals surface area contributed by atoms with E-state index < -0.39 is 10.0 Å². The van der Waals surface area contributed by atoms with E-state index >= 15 is 0 Å². The zero-order valence-corrected chi connectivity index (χ0v) is 14.1. The van der Waals surface area contributed by atoms with Crippen LogP contribution in [0.25, 0.3) is 0 Å². The maximum Gasteiger partial charge on any atom is 0.265 e. The molecule has 21 heavy (non-hydrogen) atoms. The maximum absolute atomic E-state index is 12.5. The predicted octanol–water partition coefficient (Wildman–Crippen LogP) is 3.49. The van der Waals surface area contributed by atoms with E-state index in [9.17, 15) is 8.42 Å². The van der Waals surface area contributed by atoms with Crippen molar-refractivity contribution >= 4 is 48.9 Å². The van der Waals surface area contributed by atoms with Crippen molar-refractivity contribution in [2.24, 2.45) is 0 Å². The van der Waals surface area contributed by atoms with Crippen molar-refractivity contribution in [3.63, 3.8) is 0 Å². The van der Waals surface area contributed by atoms with Crippen LogP contribution in [0.4, 0.5) is 11.4 Å². The predicted molar refractivity (Wildman–Crippen MR) is 87.4 cm³/mol. The van der Waals surface area contributed by atoms with Crippen molar-refractivity contribution in [1.82, 2.24) is 0 Å². The summed E-state index contributed by atoms with van der Waals surface area (Å²) in [5.41, 5.74) is 6.50. The molecule has 0 aliphatic carbocycles. The lowest BCUT2D eigenvalue weighted by atomic mass is 10.3. The number of methoxy groups -OCH3 is 1. The lowest BCUT2D eigenvalue weighted by Crippen LogP contribution is -2.14. The fourth-order valence-electron chi connectivity index (χ4n) is 1.70. The molecular formula is C13H12BrClN2O3S. The van der Waals surface area contributed by atoms with E-state index in [0.29, 0.717) is 15.8 Å². The number of sulfonamides is 1. The van der Waals surface area contributed by atoms with Gasteiger partial charge < -0.3 is 10.5 Å². The number of nitrogen functional groups attached to an aromatic ring is 1. The molecule has 0 unspecified atom stereocenters. The molecule has 0 radical (unpaired) electrons. The number of hydrogen-bond donors (Lipinski definition) is 2. The van der Waals surface area contributed by atoms with Gasteiger partial charge in [0.05, 0.1) is 11.6 Å². The van der Waals surface area contributed by atoms with Gasteiger partial charge in [0, 0.05) is 16.4 Å². The first-order valence-electron chi connectivity index (χ1n) is 5.75. The molecule has 0 aromatic heterocycles. The summed E-state index contributed by atoms with van der Waals surface area (Å²) in [6.07, 6.45) is 0. The summed E-state index contributed by atoms with van der Waals surface area (Å²) >= 11 is 9.14. The molecule has 0 atom stereocenters. The number of benzene rings is 2. The number of nitrogens with two attached hydrogens (primary N) is 1. The van der Waals surface area contributed by atoms with E-state index in [2.05, 4.69) is 20.7 Å². The summed E-state index contributed by atoms with van der Waals surface area (Å²) in [7, 11) is -2.46. The second-order valence-corrected chi connectivity index (χ2v) is 7.09. The van der Waals surface area contributed by atoms with E-state index in [-0.39, 0.29) is 15.7 Å². The molecule has 2 aromatic carbocycles. The fourth-order valence-corrected chi connectivity index (χ4v) is 4.14. The van der Waals surface area contributed by atoms with E-state index in [1.54, 1.807) is 30.3 Å². The molecule has 0 fully saturated rings. The Labute approximate surface area is 136 Å². The molecule has 8 heteroatoms. The molecule has 112 valence electrons. The third-order valence-electron chi connectivity index (χ3n) is 2.63. The van der Waals surface area contributed by atoms with Crippen LogP contribution < -0.4 is 15.2 Å². The normalized spacial score (nSPS) is 11.2. The maximum atomic E-state index is 12.5. The zero-order chi connectivity index (χ0) is 15.6. The SMILES string of the molecule is COc1c(Br)cc(Cl)cc1S(=O)(=O)Nc1ccc(N)cc1. The molecule has 5 nitrogen and oxygen atoms in total. The van der Waals surface area contributed by atoms with Crippen molar-refractivity contribution in [2.45, 2.75) is 4.90 Å². The van der Waals surface area contributed by atoms with Gasteiger partial charge >= 0.3 is 0 Å². The topological polar surface area (TPSA) is 81.4 Å². The largest absolute Gasteiger partial charge is 0.494 e. The highest BCUT2D eigenvalue weighted by Crippen LogP contribution is 2.36. The molecule has 0 bridgehead atoms. The van der Waals surface area contributed by atoms with Gasteiger partial charge in [0.25, 0.3) is 10.0 Å². The lowest BCUT2D eigenvalue weighted by Gasteiger charge is -2.13. The Balaban J connectivity index is 2.46. The van der Waals surface area contributed by atoms with Crippen LogP contribution in [0.3, 0.4) is 0 Å². The monoisotopic (exact) mass is 390 g/mol. The van der Waals surface area contributed by atoms with Gasteiger partial charge in [-0.2, -0.15) is 0 Å². The Kier molecular flexibility index (Phi) is 4.65. The Morgan fingerprint density at radius 2 is 1.86 bits per heavy atom. The first-order chi connectivity index (χ1) is 9.83. The van der Waals surface area contributed by atoms with Crippen LogP contribution in [-0.4, -0.2) is 15.5 Å². The Morgan fingerprint density at radius 1 is 1.24 bits per heavy atom. The molecule has 0 aliphatic rings. The van der Waals surface area contributed by atoms with Gasteiger partial charge in [-0.3, -0.25) is 4.72 Å².